The Morgan fingerprint density at radius 2 is 2.00 bits per heavy atom. The molecular weight excluding hydrogens is 271 g/mol. The molecule has 5 heteroatoms. The van der Waals surface area contributed by atoms with Crippen molar-refractivity contribution in [1.29, 1.82) is 0 Å². The van der Waals surface area contributed by atoms with Gasteiger partial charge in [0.1, 0.15) is 6.04 Å². The highest BCUT2D eigenvalue weighted by Gasteiger charge is 2.36. The van der Waals surface area contributed by atoms with Gasteiger partial charge in [0.15, 0.2) is 0 Å². The Bertz CT molecular complexity index is 349. The highest BCUT2D eigenvalue weighted by molar-refractivity contribution is 9.10. The summed E-state index contributed by atoms with van der Waals surface area (Å²) >= 11 is 3.26. The predicted octanol–water partition coefficient (Wildman–Crippen LogP) is 3.19. The van der Waals surface area contributed by atoms with Crippen molar-refractivity contribution in [2.24, 2.45) is 5.73 Å². The number of hydrogen-bond acceptors (Lipinski definition) is 1. The first-order valence-corrected chi connectivity index (χ1v) is 5.18. The molecule has 15 heavy (non-hydrogen) atoms. The smallest absolute Gasteiger partial charge is 0.320 e. The number of benzene rings is 1. The lowest BCUT2D eigenvalue weighted by Crippen LogP contribution is -2.39. The minimum absolute atomic E-state index is 0.186. The van der Waals surface area contributed by atoms with Crippen molar-refractivity contribution in [3.8, 4) is 0 Å². The van der Waals surface area contributed by atoms with Gasteiger partial charge in [0, 0.05) is 4.47 Å². The maximum atomic E-state index is 12.2. The van der Waals surface area contributed by atoms with Crippen LogP contribution in [0.2, 0.25) is 0 Å². The van der Waals surface area contributed by atoms with E-state index in [9.17, 15) is 13.2 Å². The molecule has 1 aromatic rings. The van der Waals surface area contributed by atoms with Crippen molar-refractivity contribution >= 4 is 15.9 Å². The Morgan fingerprint density at radius 3 is 2.53 bits per heavy atom. The van der Waals surface area contributed by atoms with Crippen LogP contribution in [0.3, 0.4) is 0 Å². The highest BCUT2D eigenvalue weighted by atomic mass is 79.9. The molecular formula is C10H11BrF3N. The van der Waals surface area contributed by atoms with Crippen LogP contribution in [-0.2, 0) is 6.42 Å². The second-order valence-electron chi connectivity index (χ2n) is 3.38. The van der Waals surface area contributed by atoms with E-state index in [1.165, 1.54) is 0 Å². The van der Waals surface area contributed by atoms with Crippen molar-refractivity contribution in [1.82, 2.24) is 0 Å². The van der Waals surface area contributed by atoms with Crippen molar-refractivity contribution < 1.29 is 13.2 Å². The Labute approximate surface area is 94.6 Å². The van der Waals surface area contributed by atoms with Crippen LogP contribution in [0.15, 0.2) is 22.7 Å². The molecule has 0 aromatic heterocycles. The van der Waals surface area contributed by atoms with Gasteiger partial charge < -0.3 is 5.73 Å². The molecule has 0 saturated carbocycles. The summed E-state index contributed by atoms with van der Waals surface area (Å²) in [6.07, 6.45) is -4.52. The van der Waals surface area contributed by atoms with Gasteiger partial charge in [-0.2, -0.15) is 13.2 Å². The first kappa shape index (κ1) is 12.5. The number of alkyl halides is 3. The fourth-order valence-corrected chi connectivity index (χ4v) is 1.63. The zero-order valence-corrected chi connectivity index (χ0v) is 9.69. The van der Waals surface area contributed by atoms with Crippen molar-refractivity contribution in [3.63, 3.8) is 0 Å². The summed E-state index contributed by atoms with van der Waals surface area (Å²) in [6, 6.07) is 3.35. The molecule has 0 fully saturated rings. The van der Waals surface area contributed by atoms with Crippen LogP contribution in [0.1, 0.15) is 11.1 Å². The first-order chi connectivity index (χ1) is 6.82. The molecule has 0 amide bonds. The molecule has 0 aliphatic rings. The first-order valence-electron chi connectivity index (χ1n) is 4.38. The van der Waals surface area contributed by atoms with Gasteiger partial charge in [0.25, 0.3) is 0 Å². The molecule has 1 aromatic carbocycles. The van der Waals surface area contributed by atoms with Gasteiger partial charge in [-0.3, -0.25) is 0 Å². The molecule has 1 nitrogen and oxygen atoms in total. The van der Waals surface area contributed by atoms with E-state index in [4.69, 9.17) is 5.73 Å². The summed E-state index contributed by atoms with van der Waals surface area (Å²) in [6.45, 7) is 1.77. The van der Waals surface area contributed by atoms with Crippen LogP contribution in [0.5, 0.6) is 0 Å². The summed E-state index contributed by atoms with van der Waals surface area (Å²) in [7, 11) is 0. The van der Waals surface area contributed by atoms with Crippen LogP contribution in [0.25, 0.3) is 0 Å². The van der Waals surface area contributed by atoms with Gasteiger partial charge in [-0.15, -0.1) is 0 Å². The molecule has 0 spiro atoms. The fourth-order valence-electron chi connectivity index (χ4n) is 1.23. The van der Waals surface area contributed by atoms with Gasteiger partial charge in [0.2, 0.25) is 0 Å². The lowest BCUT2D eigenvalue weighted by molar-refractivity contribution is -0.147. The van der Waals surface area contributed by atoms with E-state index in [-0.39, 0.29) is 6.42 Å². The summed E-state index contributed by atoms with van der Waals surface area (Å²) in [4.78, 5) is 0. The quantitative estimate of drug-likeness (QED) is 0.885. The second kappa shape index (κ2) is 4.53. The zero-order chi connectivity index (χ0) is 11.6. The summed E-state index contributed by atoms with van der Waals surface area (Å²) in [5.74, 6) is 0. The van der Waals surface area contributed by atoms with E-state index < -0.39 is 12.2 Å². The van der Waals surface area contributed by atoms with E-state index >= 15 is 0 Å². The van der Waals surface area contributed by atoms with Gasteiger partial charge in [-0.1, -0.05) is 28.1 Å². The molecule has 0 heterocycles. The minimum Gasteiger partial charge on any atom is -0.320 e. The summed E-state index contributed by atoms with van der Waals surface area (Å²) in [5, 5.41) is 0. The maximum Gasteiger partial charge on any atom is 0.403 e. The average molecular weight is 282 g/mol. The number of hydrogen-bond donors (Lipinski definition) is 1. The Kier molecular flexibility index (Phi) is 3.78. The topological polar surface area (TPSA) is 26.0 Å². The molecule has 0 aliphatic carbocycles. The molecule has 1 rings (SSSR count). The minimum atomic E-state index is -4.34. The average Bonchev–Trinajstić information content (AvgIpc) is 2.11. The predicted molar refractivity (Wildman–Crippen MR) is 56.6 cm³/mol. The van der Waals surface area contributed by atoms with Crippen molar-refractivity contribution in [3.05, 3.63) is 33.8 Å². The molecule has 0 bridgehead atoms. The van der Waals surface area contributed by atoms with Crippen LogP contribution in [0, 0.1) is 6.92 Å². The highest BCUT2D eigenvalue weighted by Crippen LogP contribution is 2.25. The molecule has 2 N–H and O–H groups in total. The van der Waals surface area contributed by atoms with Gasteiger partial charge in [0.05, 0.1) is 0 Å². The Morgan fingerprint density at radius 1 is 1.40 bits per heavy atom. The van der Waals surface area contributed by atoms with E-state index in [2.05, 4.69) is 15.9 Å². The molecule has 1 unspecified atom stereocenters. The largest absolute Gasteiger partial charge is 0.403 e. The number of nitrogens with two attached hydrogens (primary N) is 1. The monoisotopic (exact) mass is 281 g/mol. The number of halogens is 4. The Balaban J connectivity index is 2.86. The third-order valence-electron chi connectivity index (χ3n) is 2.24. The van der Waals surface area contributed by atoms with E-state index in [0.29, 0.717) is 5.56 Å². The molecule has 0 radical (unpaired) electrons. The molecule has 0 aliphatic heterocycles. The molecule has 84 valence electrons. The van der Waals surface area contributed by atoms with Crippen LogP contribution in [0.4, 0.5) is 13.2 Å². The van der Waals surface area contributed by atoms with Crippen LogP contribution in [-0.4, -0.2) is 12.2 Å². The molecule has 1 atom stereocenters. The van der Waals surface area contributed by atoms with Crippen molar-refractivity contribution in [2.75, 3.05) is 0 Å². The van der Waals surface area contributed by atoms with Crippen molar-refractivity contribution in [2.45, 2.75) is 25.6 Å². The normalized spacial score (nSPS) is 14.0. The van der Waals surface area contributed by atoms with Gasteiger partial charge in [-0.05, 0) is 30.5 Å². The van der Waals surface area contributed by atoms with Crippen LogP contribution < -0.4 is 5.73 Å². The summed E-state index contributed by atoms with van der Waals surface area (Å²) < 4.78 is 37.5. The van der Waals surface area contributed by atoms with Crippen LogP contribution >= 0.6 is 15.9 Å². The number of rotatable bonds is 2. The van der Waals surface area contributed by atoms with Gasteiger partial charge >= 0.3 is 6.18 Å². The molecule has 0 saturated heterocycles. The van der Waals surface area contributed by atoms with Gasteiger partial charge in [-0.25, -0.2) is 0 Å². The zero-order valence-electron chi connectivity index (χ0n) is 8.11. The lowest BCUT2D eigenvalue weighted by atomic mass is 10.0. The van der Waals surface area contributed by atoms with E-state index in [0.717, 1.165) is 10.0 Å². The third-order valence-corrected chi connectivity index (χ3v) is 3.10. The lowest BCUT2D eigenvalue weighted by Gasteiger charge is -2.17. The maximum absolute atomic E-state index is 12.2. The van der Waals surface area contributed by atoms with E-state index in [1.807, 2.05) is 0 Å². The summed E-state index contributed by atoms with van der Waals surface area (Å²) in [5.41, 5.74) is 6.48. The fraction of sp³-hybridized carbons (Fsp3) is 0.400. The third kappa shape index (κ3) is 3.21. The second-order valence-corrected chi connectivity index (χ2v) is 4.23. The van der Waals surface area contributed by atoms with E-state index in [1.54, 1.807) is 25.1 Å². The standard InChI is InChI=1S/C10H11BrF3N/c1-6-7(3-2-4-8(6)11)5-9(15)10(12,13)14/h2-4,9H,5,15H2,1H3. The Hall–Kier alpha value is -0.550. The SMILES string of the molecule is Cc1c(Br)cccc1CC(N)C(F)(F)F.